The summed E-state index contributed by atoms with van der Waals surface area (Å²) in [6.07, 6.45) is 0. The van der Waals surface area contributed by atoms with Crippen LogP contribution in [0.4, 0.5) is 0 Å². The Morgan fingerprint density at radius 3 is 2.88 bits per heavy atom. The number of hydrogen-bond donors (Lipinski definition) is 1. The van der Waals surface area contributed by atoms with Crippen LogP contribution in [0.5, 0.6) is 0 Å². The van der Waals surface area contributed by atoms with Crippen molar-refractivity contribution in [3.05, 3.63) is 0 Å². The van der Waals surface area contributed by atoms with E-state index < -0.39 is 0 Å². The molecule has 1 atom stereocenters. The second kappa shape index (κ2) is 5.16. The van der Waals surface area contributed by atoms with Crippen LogP contribution in [0.25, 0.3) is 0 Å². The second-order valence-corrected chi connectivity index (χ2v) is 2.07. The van der Waals surface area contributed by atoms with Gasteiger partial charge in [-0.2, -0.15) is 0 Å². The van der Waals surface area contributed by atoms with Crippen LogP contribution in [0.1, 0.15) is 6.92 Å². The lowest BCUT2D eigenvalue weighted by Gasteiger charge is -2.00. The van der Waals surface area contributed by atoms with Gasteiger partial charge in [0.05, 0.1) is 6.61 Å². The van der Waals surface area contributed by atoms with E-state index in [9.17, 15) is 4.57 Å². The minimum Gasteiger partial charge on any atom is -0.396 e. The summed E-state index contributed by atoms with van der Waals surface area (Å²) < 4.78 is 14.1. The van der Waals surface area contributed by atoms with Gasteiger partial charge in [-0.1, -0.05) is 6.92 Å². The second-order valence-electron chi connectivity index (χ2n) is 1.66. The van der Waals surface area contributed by atoms with E-state index in [4.69, 9.17) is 5.11 Å². The third-order valence-electron chi connectivity index (χ3n) is 0.723. The predicted molar refractivity (Wildman–Crippen MR) is 29.8 cm³/mol. The van der Waals surface area contributed by atoms with Crippen LogP contribution in [0, 0.1) is 5.92 Å². The molecule has 0 aliphatic rings. The molecule has 8 heavy (non-hydrogen) atoms. The third-order valence-corrected chi connectivity index (χ3v) is 0.978. The number of aliphatic hydroxyl groups excluding tert-OH is 1. The first kappa shape index (κ1) is 8.02. The summed E-state index contributed by atoms with van der Waals surface area (Å²) in [6, 6.07) is 0. The van der Waals surface area contributed by atoms with E-state index in [0.29, 0.717) is 6.61 Å². The van der Waals surface area contributed by atoms with E-state index >= 15 is 0 Å². The Labute approximate surface area is 49.9 Å². The van der Waals surface area contributed by atoms with Gasteiger partial charge < -0.3 is 5.11 Å². The first-order chi connectivity index (χ1) is 3.81. The molecule has 0 rings (SSSR count). The molecule has 0 aromatic carbocycles. The molecule has 3 nitrogen and oxygen atoms in total. The molecule has 0 amide bonds. The van der Waals surface area contributed by atoms with Crippen LogP contribution >= 0.6 is 8.69 Å². The van der Waals surface area contributed by atoms with Crippen LogP contribution < -0.4 is 0 Å². The van der Waals surface area contributed by atoms with Gasteiger partial charge in [0.15, 0.2) is 0 Å². The molecule has 0 radical (unpaired) electrons. The van der Waals surface area contributed by atoms with E-state index in [1.54, 1.807) is 0 Å². The minimum atomic E-state index is -0.312. The van der Waals surface area contributed by atoms with Gasteiger partial charge in [-0.05, 0) is 0 Å². The van der Waals surface area contributed by atoms with Gasteiger partial charge in [0, 0.05) is 12.5 Å². The van der Waals surface area contributed by atoms with Crippen LogP contribution in [0.2, 0.25) is 0 Å². The standard InChI is InChI=1S/C4H9O3P/c1-4(2-5)3-7-8-6/h4-5H,2-3H2,1H3. The number of aliphatic hydroxyl groups is 1. The minimum absolute atomic E-state index is 0.0789. The molecule has 0 aliphatic heterocycles. The van der Waals surface area contributed by atoms with Crippen molar-refractivity contribution in [2.45, 2.75) is 6.92 Å². The molecule has 0 fully saturated rings. The zero-order valence-corrected chi connectivity index (χ0v) is 5.60. The molecular formula is C4H9O3P. The molecule has 1 unspecified atom stereocenters. The average Bonchev–Trinajstić information content (AvgIpc) is 1.83. The molecule has 0 heterocycles. The Morgan fingerprint density at radius 2 is 2.50 bits per heavy atom. The average molecular weight is 136 g/mol. The van der Waals surface area contributed by atoms with Crippen molar-refractivity contribution < 1.29 is 14.2 Å². The summed E-state index contributed by atoms with van der Waals surface area (Å²) in [5, 5.41) is 8.38. The molecule has 0 aromatic rings. The van der Waals surface area contributed by atoms with Gasteiger partial charge in [0.2, 0.25) is 0 Å². The summed E-state index contributed by atoms with van der Waals surface area (Å²) in [7, 11) is -0.312. The Balaban J connectivity index is 2.97. The van der Waals surface area contributed by atoms with Crippen LogP contribution in [0.15, 0.2) is 0 Å². The van der Waals surface area contributed by atoms with E-state index in [1.165, 1.54) is 0 Å². The summed E-state index contributed by atoms with van der Waals surface area (Å²) in [4.78, 5) is 0. The zero-order valence-electron chi connectivity index (χ0n) is 4.70. The molecule has 4 heteroatoms. The Morgan fingerprint density at radius 1 is 1.88 bits per heavy atom. The lowest BCUT2D eigenvalue weighted by Crippen LogP contribution is -2.05. The molecule has 1 N–H and O–H groups in total. The molecule has 0 aliphatic carbocycles. The summed E-state index contributed by atoms with van der Waals surface area (Å²) in [5.41, 5.74) is 0. The lowest BCUT2D eigenvalue weighted by molar-refractivity contribution is 0.183. The quantitative estimate of drug-likeness (QED) is 0.582. The van der Waals surface area contributed by atoms with E-state index in [1.807, 2.05) is 6.92 Å². The van der Waals surface area contributed by atoms with Crippen molar-refractivity contribution in [1.29, 1.82) is 0 Å². The van der Waals surface area contributed by atoms with Crippen molar-refractivity contribution in [3.8, 4) is 0 Å². The highest BCUT2D eigenvalue weighted by atomic mass is 31.1. The highest BCUT2D eigenvalue weighted by Crippen LogP contribution is 2.00. The first-order valence-electron chi connectivity index (χ1n) is 2.36. The van der Waals surface area contributed by atoms with Crippen molar-refractivity contribution in [3.63, 3.8) is 0 Å². The van der Waals surface area contributed by atoms with Crippen LogP contribution in [-0.2, 0) is 9.09 Å². The van der Waals surface area contributed by atoms with Gasteiger partial charge in [0.25, 0.3) is 0 Å². The highest BCUT2D eigenvalue weighted by molar-refractivity contribution is 7.17. The van der Waals surface area contributed by atoms with Gasteiger partial charge in [-0.25, -0.2) is 4.57 Å². The molecule has 0 saturated heterocycles. The van der Waals surface area contributed by atoms with Gasteiger partial charge in [-0.15, -0.1) is 0 Å². The van der Waals surface area contributed by atoms with Crippen LogP contribution in [-0.4, -0.2) is 18.3 Å². The summed E-state index contributed by atoms with van der Waals surface area (Å²) in [6.45, 7) is 2.24. The smallest absolute Gasteiger partial charge is 0.327 e. The maximum atomic E-state index is 9.62. The number of hydrogen-bond acceptors (Lipinski definition) is 3. The Kier molecular flexibility index (Phi) is 5.18. The fourth-order valence-corrected chi connectivity index (χ4v) is 0.526. The third kappa shape index (κ3) is 4.19. The monoisotopic (exact) mass is 136 g/mol. The Bertz CT molecular complexity index is 66.3. The van der Waals surface area contributed by atoms with Crippen LogP contribution in [0.3, 0.4) is 0 Å². The van der Waals surface area contributed by atoms with E-state index in [-0.39, 0.29) is 21.2 Å². The van der Waals surface area contributed by atoms with Gasteiger partial charge in [-0.3, -0.25) is 4.52 Å². The Hall–Kier alpha value is 0.0200. The van der Waals surface area contributed by atoms with Crippen molar-refractivity contribution in [1.82, 2.24) is 0 Å². The molecular weight excluding hydrogens is 127 g/mol. The fourth-order valence-electron chi connectivity index (χ4n) is 0.210. The van der Waals surface area contributed by atoms with Crippen molar-refractivity contribution in [2.75, 3.05) is 13.2 Å². The predicted octanol–water partition coefficient (Wildman–Crippen LogP) is 0.838. The molecule has 48 valence electrons. The highest BCUT2D eigenvalue weighted by Gasteiger charge is 1.97. The largest absolute Gasteiger partial charge is 0.396 e. The summed E-state index contributed by atoms with van der Waals surface area (Å²) >= 11 is 0. The number of rotatable bonds is 4. The molecule has 0 saturated carbocycles. The molecule has 0 spiro atoms. The maximum absolute atomic E-state index is 9.62. The normalized spacial score (nSPS) is 14.2. The van der Waals surface area contributed by atoms with E-state index in [2.05, 4.69) is 4.52 Å². The fraction of sp³-hybridized carbons (Fsp3) is 1.00. The SMILES string of the molecule is CC(CO)COP=O. The molecule has 0 aromatic heterocycles. The maximum Gasteiger partial charge on any atom is 0.327 e. The van der Waals surface area contributed by atoms with Gasteiger partial charge >= 0.3 is 8.69 Å². The first-order valence-corrected chi connectivity index (χ1v) is 3.09. The zero-order chi connectivity index (χ0) is 6.41. The molecule has 0 bridgehead atoms. The summed E-state index contributed by atoms with van der Waals surface area (Å²) in [5.74, 6) is 0.0800. The van der Waals surface area contributed by atoms with Crippen molar-refractivity contribution in [2.24, 2.45) is 5.92 Å². The lowest BCUT2D eigenvalue weighted by atomic mass is 10.2. The van der Waals surface area contributed by atoms with Crippen molar-refractivity contribution >= 4 is 8.69 Å². The van der Waals surface area contributed by atoms with E-state index in [0.717, 1.165) is 0 Å². The van der Waals surface area contributed by atoms with Gasteiger partial charge in [0.1, 0.15) is 0 Å². The topological polar surface area (TPSA) is 46.5 Å².